The van der Waals surface area contributed by atoms with Crippen LogP contribution in [0.2, 0.25) is 0 Å². The van der Waals surface area contributed by atoms with E-state index in [-0.39, 0.29) is 5.56 Å². The summed E-state index contributed by atoms with van der Waals surface area (Å²) >= 11 is 3.36. The molecule has 1 N–H and O–H groups in total. The van der Waals surface area contributed by atoms with Gasteiger partial charge in [0.15, 0.2) is 0 Å². The van der Waals surface area contributed by atoms with E-state index in [1.165, 1.54) is 12.1 Å². The molecular formula is C13H9BrFN3. The summed E-state index contributed by atoms with van der Waals surface area (Å²) in [5.74, 6) is 0.120. The largest absolute Gasteiger partial charge is 0.340 e. The SMILES string of the molecule is Cc1nc(Nc2ccc(F)c(C#N)c2)ccc1Br. The summed E-state index contributed by atoms with van der Waals surface area (Å²) in [6.07, 6.45) is 0. The minimum absolute atomic E-state index is 0.00818. The van der Waals surface area contributed by atoms with Gasteiger partial charge >= 0.3 is 0 Å². The van der Waals surface area contributed by atoms with Crippen molar-refractivity contribution < 1.29 is 4.39 Å². The van der Waals surface area contributed by atoms with E-state index >= 15 is 0 Å². The van der Waals surface area contributed by atoms with Crippen molar-refractivity contribution in [1.82, 2.24) is 4.98 Å². The molecule has 0 unspecified atom stereocenters. The van der Waals surface area contributed by atoms with Crippen molar-refractivity contribution in [2.45, 2.75) is 6.92 Å². The smallest absolute Gasteiger partial charge is 0.141 e. The molecule has 0 saturated carbocycles. The summed E-state index contributed by atoms with van der Waals surface area (Å²) < 4.78 is 14.1. The van der Waals surface area contributed by atoms with Gasteiger partial charge in [0.25, 0.3) is 0 Å². The van der Waals surface area contributed by atoms with Crippen LogP contribution < -0.4 is 5.32 Å². The Morgan fingerprint density at radius 2 is 2.11 bits per heavy atom. The molecule has 0 amide bonds. The Morgan fingerprint density at radius 3 is 2.78 bits per heavy atom. The van der Waals surface area contributed by atoms with E-state index < -0.39 is 5.82 Å². The molecule has 5 heteroatoms. The number of hydrogen-bond donors (Lipinski definition) is 1. The Kier molecular flexibility index (Phi) is 3.58. The number of nitrogens with one attached hydrogen (secondary N) is 1. The van der Waals surface area contributed by atoms with Crippen LogP contribution in [0.5, 0.6) is 0 Å². The summed E-state index contributed by atoms with van der Waals surface area (Å²) in [7, 11) is 0. The summed E-state index contributed by atoms with van der Waals surface area (Å²) in [6.45, 7) is 1.88. The molecule has 18 heavy (non-hydrogen) atoms. The molecule has 0 bridgehead atoms. The van der Waals surface area contributed by atoms with E-state index in [0.29, 0.717) is 11.5 Å². The van der Waals surface area contributed by atoms with E-state index in [0.717, 1.165) is 10.2 Å². The maximum atomic E-state index is 13.2. The Balaban J connectivity index is 2.29. The third kappa shape index (κ3) is 2.66. The van der Waals surface area contributed by atoms with Gasteiger partial charge in [0.05, 0.1) is 11.3 Å². The van der Waals surface area contributed by atoms with Crippen LogP contribution in [0.1, 0.15) is 11.3 Å². The Labute approximate surface area is 112 Å². The third-order valence-corrected chi connectivity index (χ3v) is 3.22. The van der Waals surface area contributed by atoms with E-state index in [1.54, 1.807) is 18.2 Å². The van der Waals surface area contributed by atoms with Crippen LogP contribution in [-0.4, -0.2) is 4.98 Å². The molecule has 1 aromatic heterocycles. The zero-order valence-electron chi connectivity index (χ0n) is 9.54. The number of rotatable bonds is 2. The molecule has 0 spiro atoms. The van der Waals surface area contributed by atoms with E-state index in [1.807, 2.05) is 13.0 Å². The minimum atomic E-state index is -0.525. The lowest BCUT2D eigenvalue weighted by molar-refractivity contribution is 0.624. The van der Waals surface area contributed by atoms with Crippen molar-refractivity contribution in [1.29, 1.82) is 5.26 Å². The molecule has 0 aliphatic heterocycles. The van der Waals surface area contributed by atoms with Crippen LogP contribution in [0.25, 0.3) is 0 Å². The standard InChI is InChI=1S/C13H9BrFN3/c1-8-11(14)3-5-13(17-8)18-10-2-4-12(15)9(6-10)7-16/h2-6H,1H3,(H,17,18). The number of aryl methyl sites for hydroxylation is 1. The number of anilines is 2. The van der Waals surface area contributed by atoms with Gasteiger partial charge in [0, 0.05) is 10.2 Å². The van der Waals surface area contributed by atoms with Gasteiger partial charge in [-0.1, -0.05) is 0 Å². The third-order valence-electron chi connectivity index (χ3n) is 2.38. The second-order valence-corrected chi connectivity index (χ2v) is 4.55. The molecule has 0 aliphatic carbocycles. The maximum Gasteiger partial charge on any atom is 0.141 e. The zero-order valence-corrected chi connectivity index (χ0v) is 11.1. The van der Waals surface area contributed by atoms with Crippen molar-refractivity contribution in [2.75, 3.05) is 5.32 Å². The monoisotopic (exact) mass is 305 g/mol. The number of halogens is 2. The van der Waals surface area contributed by atoms with E-state index in [2.05, 4.69) is 26.2 Å². The van der Waals surface area contributed by atoms with Crippen LogP contribution in [0.3, 0.4) is 0 Å². The van der Waals surface area contributed by atoms with Crippen molar-refractivity contribution in [3.8, 4) is 6.07 Å². The van der Waals surface area contributed by atoms with Gasteiger partial charge in [-0.25, -0.2) is 9.37 Å². The number of nitriles is 1. The average Bonchev–Trinajstić information content (AvgIpc) is 2.36. The normalized spacial score (nSPS) is 9.89. The molecule has 0 fully saturated rings. The Hall–Kier alpha value is -1.93. The summed E-state index contributed by atoms with van der Waals surface area (Å²) in [6, 6.07) is 9.75. The second kappa shape index (κ2) is 5.15. The molecular weight excluding hydrogens is 297 g/mol. The molecule has 3 nitrogen and oxygen atoms in total. The minimum Gasteiger partial charge on any atom is -0.340 e. The highest BCUT2D eigenvalue weighted by molar-refractivity contribution is 9.10. The highest BCUT2D eigenvalue weighted by Gasteiger charge is 2.04. The van der Waals surface area contributed by atoms with Gasteiger partial charge < -0.3 is 5.32 Å². The van der Waals surface area contributed by atoms with Crippen LogP contribution in [0.15, 0.2) is 34.8 Å². The summed E-state index contributed by atoms with van der Waals surface area (Å²) in [5, 5.41) is 11.8. The lowest BCUT2D eigenvalue weighted by Crippen LogP contribution is -1.96. The van der Waals surface area contributed by atoms with Crippen molar-refractivity contribution in [3.63, 3.8) is 0 Å². The predicted octanol–water partition coefficient (Wildman–Crippen LogP) is 3.91. The van der Waals surface area contributed by atoms with E-state index in [4.69, 9.17) is 5.26 Å². The van der Waals surface area contributed by atoms with Crippen LogP contribution >= 0.6 is 15.9 Å². The predicted molar refractivity (Wildman–Crippen MR) is 71.1 cm³/mol. The Morgan fingerprint density at radius 1 is 1.33 bits per heavy atom. The van der Waals surface area contributed by atoms with Crippen LogP contribution in [-0.2, 0) is 0 Å². The Bertz CT molecular complexity index is 635. The van der Waals surface area contributed by atoms with Crippen LogP contribution in [0, 0.1) is 24.1 Å². The molecule has 0 saturated heterocycles. The maximum absolute atomic E-state index is 13.2. The molecule has 2 rings (SSSR count). The summed E-state index contributed by atoms with van der Waals surface area (Å²) in [5.41, 5.74) is 1.48. The topological polar surface area (TPSA) is 48.7 Å². The molecule has 0 aliphatic rings. The molecule has 0 radical (unpaired) electrons. The summed E-state index contributed by atoms with van der Waals surface area (Å²) in [4.78, 5) is 4.31. The zero-order chi connectivity index (χ0) is 13.1. The molecule has 90 valence electrons. The van der Waals surface area contributed by atoms with E-state index in [9.17, 15) is 4.39 Å². The van der Waals surface area contributed by atoms with Crippen molar-refractivity contribution in [2.24, 2.45) is 0 Å². The highest BCUT2D eigenvalue weighted by atomic mass is 79.9. The first-order valence-electron chi connectivity index (χ1n) is 5.20. The first-order chi connectivity index (χ1) is 8.60. The van der Waals surface area contributed by atoms with Gasteiger partial charge in [-0.15, -0.1) is 0 Å². The van der Waals surface area contributed by atoms with Gasteiger partial charge in [0.1, 0.15) is 17.7 Å². The lowest BCUT2D eigenvalue weighted by Gasteiger charge is -2.07. The molecule has 0 atom stereocenters. The number of nitrogens with zero attached hydrogens (tertiary/aromatic N) is 2. The van der Waals surface area contributed by atoms with Gasteiger partial charge in [-0.05, 0) is 53.2 Å². The lowest BCUT2D eigenvalue weighted by atomic mass is 10.2. The number of pyridine rings is 1. The van der Waals surface area contributed by atoms with Crippen molar-refractivity contribution in [3.05, 3.63) is 51.9 Å². The number of aromatic nitrogens is 1. The molecule has 2 aromatic rings. The number of hydrogen-bond acceptors (Lipinski definition) is 3. The molecule has 1 heterocycles. The van der Waals surface area contributed by atoms with Crippen LogP contribution in [0.4, 0.5) is 15.9 Å². The second-order valence-electron chi connectivity index (χ2n) is 3.70. The first kappa shape index (κ1) is 12.5. The average molecular weight is 306 g/mol. The first-order valence-corrected chi connectivity index (χ1v) is 5.99. The fourth-order valence-electron chi connectivity index (χ4n) is 1.45. The highest BCUT2D eigenvalue weighted by Crippen LogP contribution is 2.21. The van der Waals surface area contributed by atoms with Crippen molar-refractivity contribution >= 4 is 27.4 Å². The number of benzene rings is 1. The fraction of sp³-hybridized carbons (Fsp3) is 0.0769. The van der Waals surface area contributed by atoms with Gasteiger partial charge in [-0.2, -0.15) is 5.26 Å². The quantitative estimate of drug-likeness (QED) is 0.915. The van der Waals surface area contributed by atoms with Gasteiger partial charge in [0.2, 0.25) is 0 Å². The molecule has 1 aromatic carbocycles. The van der Waals surface area contributed by atoms with Gasteiger partial charge in [-0.3, -0.25) is 0 Å². The fourth-order valence-corrected chi connectivity index (χ4v) is 1.67.